The lowest BCUT2D eigenvalue weighted by Gasteiger charge is -2.25. The first kappa shape index (κ1) is 36.6. The Bertz CT molecular complexity index is 1930. The fraction of sp³-hybridized carbons (Fsp3) is 0.382. The van der Waals surface area contributed by atoms with E-state index in [4.69, 9.17) is 18.9 Å². The van der Waals surface area contributed by atoms with Crippen molar-refractivity contribution >= 4 is 44.2 Å². The number of anilines is 2. The zero-order valence-corrected chi connectivity index (χ0v) is 28.7. The summed E-state index contributed by atoms with van der Waals surface area (Å²) in [7, 11) is -0.584. The summed E-state index contributed by atoms with van der Waals surface area (Å²) in [6.07, 6.45) is 0.540. The zero-order chi connectivity index (χ0) is 35.8. The molecule has 0 saturated carbocycles. The first-order chi connectivity index (χ1) is 24.0. The van der Waals surface area contributed by atoms with Gasteiger partial charge in [0.15, 0.2) is 5.82 Å². The number of nitrogens with one attached hydrogen (secondary N) is 2. The van der Waals surface area contributed by atoms with Crippen LogP contribution in [0.15, 0.2) is 64.4 Å². The molecule has 1 aliphatic rings. The fourth-order valence-corrected chi connectivity index (χ4v) is 6.55. The molecular formula is C34H39F2N5O8S. The summed E-state index contributed by atoms with van der Waals surface area (Å²) in [6, 6.07) is 10.6. The third kappa shape index (κ3) is 8.93. The molecule has 1 saturated heterocycles. The summed E-state index contributed by atoms with van der Waals surface area (Å²) in [5.41, 5.74) is 0.834. The van der Waals surface area contributed by atoms with Crippen LogP contribution < -0.4 is 15.4 Å². The Morgan fingerprint density at radius 2 is 1.72 bits per heavy atom. The maximum Gasteiger partial charge on any atom is 0.435 e. The van der Waals surface area contributed by atoms with Gasteiger partial charge in [-0.2, -0.15) is 4.68 Å². The molecule has 50 heavy (non-hydrogen) atoms. The number of ether oxygens (including phenoxy) is 4. The number of hydrogen-bond donors (Lipinski definition) is 2. The maximum absolute atomic E-state index is 14.0. The molecule has 0 unspecified atom stereocenters. The van der Waals surface area contributed by atoms with Crippen molar-refractivity contribution in [3.05, 3.63) is 71.8 Å². The van der Waals surface area contributed by atoms with Crippen molar-refractivity contribution in [2.75, 3.05) is 70.9 Å². The Hall–Kier alpha value is -4.64. The molecule has 1 amide bonds. The molecule has 1 aliphatic heterocycles. The number of carbonyl (C=O) groups excluding carboxylic acids is 2. The van der Waals surface area contributed by atoms with Gasteiger partial charge in [0.1, 0.15) is 30.6 Å². The highest BCUT2D eigenvalue weighted by atomic mass is 32.2. The van der Waals surface area contributed by atoms with Gasteiger partial charge in [-0.25, -0.2) is 22.0 Å². The van der Waals surface area contributed by atoms with Crippen molar-refractivity contribution < 1.29 is 45.7 Å². The van der Waals surface area contributed by atoms with Crippen LogP contribution in [0, 0.1) is 11.6 Å². The molecule has 2 heterocycles. The largest absolute Gasteiger partial charge is 0.492 e. The number of carbonyl (C=O) groups is 2. The van der Waals surface area contributed by atoms with E-state index in [1.165, 1.54) is 18.2 Å². The molecule has 0 radical (unpaired) electrons. The number of hydrogen-bond acceptors (Lipinski definition) is 11. The SMILES string of the molecule is CCOCCOC(=O)n1nc(NC(=O)c2ccc(OCCN(C)C)cc2NC2CCOCC2)c2cc(S(=O)(=O)c3cc(F)cc(F)c3)ccc21. The lowest BCUT2D eigenvalue weighted by Crippen LogP contribution is -2.29. The predicted octanol–water partition coefficient (Wildman–Crippen LogP) is 4.95. The smallest absolute Gasteiger partial charge is 0.435 e. The molecule has 13 nitrogen and oxygen atoms in total. The Morgan fingerprint density at radius 3 is 2.42 bits per heavy atom. The van der Waals surface area contributed by atoms with Crippen LogP contribution in [0.4, 0.5) is 25.1 Å². The second-order valence-corrected chi connectivity index (χ2v) is 13.7. The zero-order valence-electron chi connectivity index (χ0n) is 27.9. The quantitative estimate of drug-likeness (QED) is 0.171. The number of benzene rings is 3. The second-order valence-electron chi connectivity index (χ2n) is 11.7. The van der Waals surface area contributed by atoms with E-state index in [0.717, 1.165) is 17.5 Å². The number of sulfone groups is 1. The molecule has 0 aliphatic carbocycles. The normalized spacial score (nSPS) is 13.8. The average molecular weight is 716 g/mol. The van der Waals surface area contributed by atoms with Gasteiger partial charge in [0, 0.05) is 49.9 Å². The van der Waals surface area contributed by atoms with Gasteiger partial charge in [0.25, 0.3) is 5.91 Å². The van der Waals surface area contributed by atoms with Crippen molar-refractivity contribution in [1.82, 2.24) is 14.7 Å². The minimum atomic E-state index is -4.45. The summed E-state index contributed by atoms with van der Waals surface area (Å²) in [6.45, 7) is 4.49. The minimum absolute atomic E-state index is 0.0271. The molecule has 0 spiro atoms. The van der Waals surface area contributed by atoms with Crippen molar-refractivity contribution in [2.45, 2.75) is 35.6 Å². The van der Waals surface area contributed by atoms with E-state index in [1.807, 2.05) is 19.0 Å². The van der Waals surface area contributed by atoms with Crippen molar-refractivity contribution in [3.63, 3.8) is 0 Å². The summed E-state index contributed by atoms with van der Waals surface area (Å²) in [5, 5.41) is 10.5. The number of fused-ring (bicyclic) bond motifs is 1. The number of aromatic nitrogens is 2. The van der Waals surface area contributed by atoms with Gasteiger partial charge in [-0.1, -0.05) is 0 Å². The van der Waals surface area contributed by atoms with E-state index in [9.17, 15) is 26.8 Å². The van der Waals surface area contributed by atoms with Crippen LogP contribution in [0.1, 0.15) is 30.1 Å². The van der Waals surface area contributed by atoms with E-state index in [1.54, 1.807) is 25.1 Å². The van der Waals surface area contributed by atoms with Crippen LogP contribution in [0.2, 0.25) is 0 Å². The highest BCUT2D eigenvalue weighted by molar-refractivity contribution is 7.91. The van der Waals surface area contributed by atoms with Crippen molar-refractivity contribution in [2.24, 2.45) is 0 Å². The summed E-state index contributed by atoms with van der Waals surface area (Å²) >= 11 is 0. The van der Waals surface area contributed by atoms with Gasteiger partial charge < -0.3 is 34.5 Å². The topological polar surface area (TPSA) is 150 Å². The van der Waals surface area contributed by atoms with Crippen LogP contribution in [0.25, 0.3) is 10.9 Å². The van der Waals surface area contributed by atoms with E-state index < -0.39 is 38.4 Å². The molecule has 0 atom stereocenters. The predicted molar refractivity (Wildman–Crippen MR) is 181 cm³/mol. The molecule has 3 aromatic carbocycles. The minimum Gasteiger partial charge on any atom is -0.492 e. The highest BCUT2D eigenvalue weighted by Crippen LogP contribution is 2.32. The number of nitrogens with zero attached hydrogens (tertiary/aromatic N) is 3. The van der Waals surface area contributed by atoms with Crippen LogP contribution in [-0.2, 0) is 24.0 Å². The molecule has 4 aromatic rings. The van der Waals surface area contributed by atoms with Gasteiger partial charge in [-0.3, -0.25) is 4.79 Å². The summed E-state index contributed by atoms with van der Waals surface area (Å²) in [5.74, 6) is -2.36. The average Bonchev–Trinajstić information content (AvgIpc) is 3.44. The Kier molecular flexibility index (Phi) is 12.0. The molecule has 2 N–H and O–H groups in total. The van der Waals surface area contributed by atoms with Crippen LogP contribution in [-0.4, -0.2) is 101 Å². The summed E-state index contributed by atoms with van der Waals surface area (Å²) in [4.78, 5) is 28.0. The lowest BCUT2D eigenvalue weighted by atomic mass is 10.1. The van der Waals surface area contributed by atoms with Crippen LogP contribution >= 0.6 is 0 Å². The number of likely N-dealkylation sites (N-methyl/N-ethyl adjacent to an activating group) is 1. The molecule has 1 aromatic heterocycles. The first-order valence-corrected chi connectivity index (χ1v) is 17.5. The molecule has 268 valence electrons. The van der Waals surface area contributed by atoms with Gasteiger partial charge >= 0.3 is 6.09 Å². The van der Waals surface area contributed by atoms with Gasteiger partial charge in [0.05, 0.1) is 33.2 Å². The third-order valence-corrected chi connectivity index (χ3v) is 9.52. The molecule has 5 rings (SSSR count). The third-order valence-electron chi connectivity index (χ3n) is 7.79. The molecule has 16 heteroatoms. The monoisotopic (exact) mass is 715 g/mol. The van der Waals surface area contributed by atoms with Gasteiger partial charge in [0.2, 0.25) is 9.84 Å². The van der Waals surface area contributed by atoms with Crippen LogP contribution in [0.5, 0.6) is 5.75 Å². The molecule has 1 fully saturated rings. The molecule has 0 bridgehead atoms. The van der Waals surface area contributed by atoms with E-state index in [2.05, 4.69) is 15.7 Å². The van der Waals surface area contributed by atoms with Gasteiger partial charge in [-0.05, 0) is 76.3 Å². The Labute approximate surface area is 288 Å². The Balaban J connectivity index is 1.52. The standard InChI is InChI=1S/C34H39F2N5O8S/c1-4-46-15-16-49-34(43)41-31-8-6-26(50(44,45)27-18-22(35)17-23(36)19-27)21-29(31)32(39-41)38-33(42)28-7-5-25(48-14-11-40(2)3)20-30(28)37-24-9-12-47-13-10-24/h5-8,17-21,24,37H,4,9-16H2,1-3H3,(H,38,39,42). The lowest BCUT2D eigenvalue weighted by molar-refractivity contribution is 0.0786. The van der Waals surface area contributed by atoms with E-state index in [-0.39, 0.29) is 46.4 Å². The first-order valence-electron chi connectivity index (χ1n) is 16.0. The second kappa shape index (κ2) is 16.4. The van der Waals surface area contributed by atoms with Gasteiger partial charge in [-0.15, -0.1) is 5.10 Å². The van der Waals surface area contributed by atoms with E-state index in [0.29, 0.717) is 62.6 Å². The van der Waals surface area contributed by atoms with Crippen LogP contribution in [0.3, 0.4) is 0 Å². The molecular weight excluding hydrogens is 676 g/mol. The highest BCUT2D eigenvalue weighted by Gasteiger charge is 2.26. The van der Waals surface area contributed by atoms with Crippen molar-refractivity contribution in [3.8, 4) is 5.75 Å². The van der Waals surface area contributed by atoms with Crippen molar-refractivity contribution in [1.29, 1.82) is 0 Å². The Morgan fingerprint density at radius 1 is 0.980 bits per heavy atom. The summed E-state index contributed by atoms with van der Waals surface area (Å²) < 4.78 is 77.7. The number of rotatable bonds is 14. The van der Waals surface area contributed by atoms with E-state index >= 15 is 0 Å². The maximum atomic E-state index is 14.0. The number of halogens is 2. The fourth-order valence-electron chi connectivity index (χ4n) is 5.22. The number of amides is 1.